The van der Waals surface area contributed by atoms with Crippen LogP contribution in [0.25, 0.3) is 0 Å². The average molecular weight is 151 g/mol. The zero-order valence-corrected chi connectivity index (χ0v) is 5.94. The third-order valence-corrected chi connectivity index (χ3v) is 2.67. The summed E-state index contributed by atoms with van der Waals surface area (Å²) in [6.45, 7) is 0.471. The average Bonchev–Trinajstić information content (AvgIpc) is 1.62. The molecule has 0 saturated carbocycles. The number of methoxy groups -OCH3 is 1. The van der Waals surface area contributed by atoms with Crippen molar-refractivity contribution in [1.29, 1.82) is 0 Å². The lowest BCUT2D eigenvalue weighted by Gasteiger charge is -2.26. The molecule has 0 aromatic heterocycles. The van der Waals surface area contributed by atoms with Gasteiger partial charge in [0.05, 0.1) is 18.4 Å². The van der Waals surface area contributed by atoms with Crippen LogP contribution in [-0.4, -0.2) is 33.9 Å². The first-order valence-electron chi connectivity index (χ1n) is 2.63. The van der Waals surface area contributed by atoms with Crippen molar-refractivity contribution in [2.24, 2.45) is 0 Å². The maximum atomic E-state index is 10.4. The fourth-order valence-electron chi connectivity index (χ4n) is 0.785. The van der Waals surface area contributed by atoms with Crippen LogP contribution in [0.5, 0.6) is 0 Å². The minimum absolute atomic E-state index is 0.0139. The monoisotopic (exact) mass is 151 g/mol. The van der Waals surface area contributed by atoms with Crippen LogP contribution in [-0.2, 0) is 14.8 Å². The molecule has 0 aromatic carbocycles. The maximum absolute atomic E-state index is 10.4. The van der Waals surface area contributed by atoms with Gasteiger partial charge in [0.1, 0.15) is 0 Å². The molecule has 1 aliphatic heterocycles. The van der Waals surface area contributed by atoms with Crippen LogP contribution >= 0.6 is 0 Å². The summed E-state index contributed by atoms with van der Waals surface area (Å²) in [5.74, 6) is 0.209. The van der Waals surface area contributed by atoms with Crippen molar-refractivity contribution < 1.29 is 13.2 Å². The van der Waals surface area contributed by atoms with Gasteiger partial charge in [0.15, 0.2) is 0 Å². The van der Waals surface area contributed by atoms with Gasteiger partial charge in [-0.2, -0.15) is 0 Å². The largest absolute Gasteiger partial charge is 0.383 e. The van der Waals surface area contributed by atoms with Crippen LogP contribution in [0, 0.1) is 0 Å². The molecule has 1 rings (SSSR count). The van der Waals surface area contributed by atoms with E-state index in [4.69, 9.17) is 4.74 Å². The van der Waals surface area contributed by atoms with Gasteiger partial charge in [-0.3, -0.25) is 0 Å². The molecule has 9 heavy (non-hydrogen) atoms. The number of ether oxygens (including phenoxy) is 1. The smallest absolute Gasteiger partial charge is 0.213 e. The first-order chi connectivity index (χ1) is 4.14. The Balaban J connectivity index is 2.28. The molecule has 1 atom stereocenters. The zero-order chi connectivity index (χ0) is 6.91. The molecule has 54 valence electrons. The van der Waals surface area contributed by atoms with Gasteiger partial charge in [0.2, 0.25) is 10.0 Å². The molecule has 1 fully saturated rings. The number of hydrogen-bond donors (Lipinski definition) is 1. The standard InChI is InChI=1S/C4H9NO3S/c1-8-2-4-3-9(6,7)5-4/h4-5H,2-3H2,1H3. The lowest BCUT2D eigenvalue weighted by atomic mass is 10.4. The van der Waals surface area contributed by atoms with E-state index < -0.39 is 10.0 Å². The highest BCUT2D eigenvalue weighted by Gasteiger charge is 2.31. The van der Waals surface area contributed by atoms with Gasteiger partial charge in [-0.25, -0.2) is 13.1 Å². The normalized spacial score (nSPS) is 31.4. The summed E-state index contributed by atoms with van der Waals surface area (Å²) in [5.41, 5.74) is 0. The van der Waals surface area contributed by atoms with E-state index in [9.17, 15) is 8.42 Å². The zero-order valence-electron chi connectivity index (χ0n) is 5.12. The van der Waals surface area contributed by atoms with Crippen LogP contribution in [0.2, 0.25) is 0 Å². The molecule has 0 aromatic rings. The van der Waals surface area contributed by atoms with E-state index in [1.807, 2.05) is 0 Å². The van der Waals surface area contributed by atoms with Crippen molar-refractivity contribution in [3.05, 3.63) is 0 Å². The molecule has 4 nitrogen and oxygen atoms in total. The number of sulfonamides is 1. The van der Waals surface area contributed by atoms with Gasteiger partial charge in [-0.1, -0.05) is 0 Å². The van der Waals surface area contributed by atoms with E-state index >= 15 is 0 Å². The quantitative estimate of drug-likeness (QED) is 0.547. The summed E-state index contributed by atoms with van der Waals surface area (Å²) in [5, 5.41) is 0. The third kappa shape index (κ3) is 1.64. The van der Waals surface area contributed by atoms with Crippen LogP contribution in [0.4, 0.5) is 0 Å². The van der Waals surface area contributed by atoms with E-state index in [1.165, 1.54) is 0 Å². The molecule has 0 spiro atoms. The van der Waals surface area contributed by atoms with Gasteiger partial charge >= 0.3 is 0 Å². The van der Waals surface area contributed by atoms with Crippen molar-refractivity contribution in [1.82, 2.24) is 4.72 Å². The van der Waals surface area contributed by atoms with Crippen LogP contribution in [0.3, 0.4) is 0 Å². The van der Waals surface area contributed by atoms with Gasteiger partial charge in [0, 0.05) is 7.11 Å². The molecule has 1 N–H and O–H groups in total. The molecule has 1 saturated heterocycles. The second-order valence-electron chi connectivity index (χ2n) is 2.05. The molecule has 1 heterocycles. The predicted molar refractivity (Wildman–Crippen MR) is 32.6 cm³/mol. The lowest BCUT2D eigenvalue weighted by molar-refractivity contribution is 0.175. The molecule has 1 aliphatic rings. The minimum atomic E-state index is -2.88. The van der Waals surface area contributed by atoms with E-state index in [0.29, 0.717) is 6.61 Å². The Morgan fingerprint density at radius 2 is 2.33 bits per heavy atom. The summed E-state index contributed by atoms with van der Waals surface area (Å²) in [4.78, 5) is 0. The first-order valence-corrected chi connectivity index (χ1v) is 4.28. The number of nitrogens with one attached hydrogen (secondary N) is 1. The van der Waals surface area contributed by atoms with Crippen LogP contribution in [0.15, 0.2) is 0 Å². The van der Waals surface area contributed by atoms with E-state index in [1.54, 1.807) is 7.11 Å². The predicted octanol–water partition coefficient (Wildman–Crippen LogP) is -1.07. The summed E-state index contributed by atoms with van der Waals surface area (Å²) in [6, 6.07) is 0.0139. The highest BCUT2D eigenvalue weighted by atomic mass is 32.2. The fourth-order valence-corrected chi connectivity index (χ4v) is 1.95. The summed E-state index contributed by atoms with van der Waals surface area (Å²) in [6.07, 6.45) is 0. The Labute approximate surface area is 54.3 Å². The molecular weight excluding hydrogens is 142 g/mol. The van der Waals surface area contributed by atoms with Gasteiger partial charge < -0.3 is 4.74 Å². The van der Waals surface area contributed by atoms with Crippen molar-refractivity contribution in [3.8, 4) is 0 Å². The Morgan fingerprint density at radius 1 is 1.78 bits per heavy atom. The Bertz CT molecular complexity index is 174. The Hall–Kier alpha value is -0.130. The molecule has 1 unspecified atom stereocenters. The van der Waals surface area contributed by atoms with E-state index in [-0.39, 0.29) is 11.8 Å². The van der Waals surface area contributed by atoms with Crippen molar-refractivity contribution >= 4 is 10.0 Å². The topological polar surface area (TPSA) is 55.4 Å². The van der Waals surface area contributed by atoms with Gasteiger partial charge in [-0.15, -0.1) is 0 Å². The molecule has 0 bridgehead atoms. The molecule has 0 aliphatic carbocycles. The second kappa shape index (κ2) is 2.24. The fraction of sp³-hybridized carbons (Fsp3) is 1.00. The highest BCUT2D eigenvalue weighted by molar-refractivity contribution is 7.90. The summed E-state index contributed by atoms with van der Waals surface area (Å²) >= 11 is 0. The van der Waals surface area contributed by atoms with Crippen LogP contribution < -0.4 is 4.72 Å². The van der Waals surface area contributed by atoms with Crippen molar-refractivity contribution in [3.63, 3.8) is 0 Å². The molecule has 5 heteroatoms. The van der Waals surface area contributed by atoms with Crippen molar-refractivity contribution in [2.45, 2.75) is 6.04 Å². The highest BCUT2D eigenvalue weighted by Crippen LogP contribution is 2.04. The van der Waals surface area contributed by atoms with Gasteiger partial charge in [0.25, 0.3) is 0 Å². The Morgan fingerprint density at radius 3 is 2.67 bits per heavy atom. The SMILES string of the molecule is COCC1CS(=O)(=O)N1. The summed E-state index contributed by atoms with van der Waals surface area (Å²) in [7, 11) is -1.33. The number of hydrogen-bond acceptors (Lipinski definition) is 3. The Kier molecular flexibility index (Phi) is 1.74. The third-order valence-electron chi connectivity index (χ3n) is 1.13. The molecule has 0 amide bonds. The van der Waals surface area contributed by atoms with Crippen LogP contribution in [0.1, 0.15) is 0 Å². The lowest BCUT2D eigenvalue weighted by Crippen LogP contribution is -2.55. The van der Waals surface area contributed by atoms with E-state index in [0.717, 1.165) is 0 Å². The van der Waals surface area contributed by atoms with E-state index in [2.05, 4.69) is 4.72 Å². The maximum Gasteiger partial charge on any atom is 0.213 e. The summed E-state index contributed by atoms with van der Waals surface area (Å²) < 4.78 is 27.9. The number of rotatable bonds is 2. The second-order valence-corrected chi connectivity index (χ2v) is 3.85. The van der Waals surface area contributed by atoms with Crippen molar-refractivity contribution in [2.75, 3.05) is 19.5 Å². The van der Waals surface area contributed by atoms with Gasteiger partial charge in [-0.05, 0) is 0 Å². The molecular formula is C4H9NO3S. The first kappa shape index (κ1) is 6.98. The minimum Gasteiger partial charge on any atom is -0.383 e. The molecule has 0 radical (unpaired) electrons.